The Morgan fingerprint density at radius 2 is 1.39 bits per heavy atom. The summed E-state index contributed by atoms with van der Waals surface area (Å²) in [6, 6.07) is 19.8. The zero-order valence-electron chi connectivity index (χ0n) is 32.5. The zero-order valence-corrected chi connectivity index (χ0v) is 34.1. The number of para-hydroxylation sites is 2. The Kier molecular flexibility index (Phi) is 16.5. The van der Waals surface area contributed by atoms with E-state index in [1.165, 1.54) is 11.8 Å². The molecule has 16 heteroatoms. The number of rotatable bonds is 16. The third-order valence-corrected chi connectivity index (χ3v) is 10.0. The molecule has 3 N–H and O–H groups in total. The van der Waals surface area contributed by atoms with Crippen molar-refractivity contribution < 1.29 is 23.9 Å². The molecular formula is C40H46N8O6S2. The highest BCUT2D eigenvalue weighted by Gasteiger charge is 2.22. The number of amides is 2. The average molecular weight is 799 g/mol. The summed E-state index contributed by atoms with van der Waals surface area (Å²) in [6.07, 6.45) is 4.26. The van der Waals surface area contributed by atoms with E-state index < -0.39 is 10.8 Å². The minimum Gasteiger partial charge on any atom is -0.497 e. The number of ketones is 1. The van der Waals surface area contributed by atoms with Gasteiger partial charge in [-0.1, -0.05) is 80.7 Å². The number of benzene rings is 3. The van der Waals surface area contributed by atoms with Crippen LogP contribution >= 0.6 is 23.5 Å². The molecular weight excluding hydrogens is 753 g/mol. The number of carbonyl (C=O) groups is 3. The van der Waals surface area contributed by atoms with Crippen molar-refractivity contribution in [2.24, 2.45) is 0 Å². The van der Waals surface area contributed by atoms with Crippen molar-refractivity contribution in [3.8, 4) is 34.0 Å². The largest absolute Gasteiger partial charge is 0.497 e. The molecule has 56 heavy (non-hydrogen) atoms. The predicted octanol–water partition coefficient (Wildman–Crippen LogP) is 7.19. The molecule has 0 aliphatic carbocycles. The fraction of sp³-hybridized carbons (Fsp3) is 0.325. The number of aryl methyl sites for hydroxylation is 1. The molecule has 3 aromatic carbocycles. The smallest absolute Gasteiger partial charge is 0.278 e. The first-order valence-corrected chi connectivity index (χ1v) is 20.1. The number of aromatic amines is 1. The summed E-state index contributed by atoms with van der Waals surface area (Å²) < 4.78 is 10.6. The molecule has 5 rings (SSSR count). The molecule has 0 aliphatic rings. The number of carbonyl (C=O) groups excluding carboxylic acids is 3. The van der Waals surface area contributed by atoms with Gasteiger partial charge in [-0.15, -0.1) is 20.4 Å². The van der Waals surface area contributed by atoms with E-state index >= 15 is 0 Å². The Bertz CT molecular complexity index is 2180. The Hall–Kier alpha value is -5.61. The van der Waals surface area contributed by atoms with E-state index in [2.05, 4.69) is 41.0 Å². The van der Waals surface area contributed by atoms with Crippen molar-refractivity contribution in [3.63, 3.8) is 0 Å². The minimum absolute atomic E-state index is 0.00394. The number of hydrogen-bond donors (Lipinski definition) is 3. The third-order valence-electron chi connectivity index (χ3n) is 8.18. The van der Waals surface area contributed by atoms with Crippen LogP contribution in [0.5, 0.6) is 11.5 Å². The molecule has 294 valence electrons. The lowest BCUT2D eigenvalue weighted by molar-refractivity contribution is -0.118. The Labute approximate surface area is 334 Å². The number of aromatic nitrogens is 6. The van der Waals surface area contributed by atoms with Gasteiger partial charge in [-0.05, 0) is 55.9 Å². The summed E-state index contributed by atoms with van der Waals surface area (Å²) in [6.45, 7) is 7.52. The van der Waals surface area contributed by atoms with Crippen LogP contribution < -0.4 is 25.7 Å². The number of hydrogen-bond acceptors (Lipinski definition) is 13. The van der Waals surface area contributed by atoms with Crippen molar-refractivity contribution in [2.45, 2.75) is 75.4 Å². The van der Waals surface area contributed by atoms with Crippen LogP contribution in [0.15, 0.2) is 81.8 Å². The van der Waals surface area contributed by atoms with E-state index in [0.717, 1.165) is 40.7 Å². The van der Waals surface area contributed by atoms with Crippen LogP contribution in [0.2, 0.25) is 0 Å². The summed E-state index contributed by atoms with van der Waals surface area (Å²) in [5, 5.41) is 22.7. The van der Waals surface area contributed by atoms with Gasteiger partial charge in [0.25, 0.3) is 5.56 Å². The van der Waals surface area contributed by atoms with Gasteiger partial charge in [0.15, 0.2) is 16.6 Å². The number of nitrogens with one attached hydrogen (secondary N) is 3. The Morgan fingerprint density at radius 3 is 1.93 bits per heavy atom. The Balaban J connectivity index is 0.000000282. The highest BCUT2D eigenvalue weighted by Crippen LogP contribution is 2.30. The molecule has 2 amide bonds. The van der Waals surface area contributed by atoms with Crippen LogP contribution in [0.3, 0.4) is 0 Å². The van der Waals surface area contributed by atoms with Crippen LogP contribution in [0.1, 0.15) is 57.7 Å². The summed E-state index contributed by atoms with van der Waals surface area (Å²) in [7, 11) is 3.11. The standard InChI is InChI=1S/C25H28N4O5S.C15H18N4OS/c1-5-21(20(30)13-15-11-16(33-3)14-17(12-15)34-4)35-25-27-24(32)23(28-29-25)18-9-7-8-10-19(18)26-22(31)6-2;1-4-7-13(20)17-12-9-6-5-8-11(12)14-10(2)16-15(21-3)19-18-14/h7-12,14,21H,5-6,13H2,1-4H3,(H,26,31)(H,27,29,32);5-6,8-9H,4,7H2,1-3H3,(H,17,20). The fourth-order valence-electron chi connectivity index (χ4n) is 5.34. The van der Waals surface area contributed by atoms with Crippen LogP contribution in [0, 0.1) is 6.92 Å². The number of anilines is 2. The minimum atomic E-state index is -0.458. The molecule has 14 nitrogen and oxygen atoms in total. The maximum atomic E-state index is 13.0. The van der Waals surface area contributed by atoms with Crippen LogP contribution in [0.4, 0.5) is 11.4 Å². The topological polar surface area (TPSA) is 191 Å². The number of ether oxygens (including phenoxy) is 2. The summed E-state index contributed by atoms with van der Waals surface area (Å²) in [5.74, 6) is 1.02. The second kappa shape index (κ2) is 21.5. The molecule has 0 aliphatic heterocycles. The molecule has 1 unspecified atom stereocenters. The lowest BCUT2D eigenvalue weighted by atomic mass is 10.0. The van der Waals surface area contributed by atoms with E-state index in [1.54, 1.807) is 63.6 Å². The number of nitrogens with zero attached hydrogens (tertiary/aromatic N) is 5. The molecule has 0 radical (unpaired) electrons. The van der Waals surface area contributed by atoms with Gasteiger partial charge in [-0.2, -0.15) is 0 Å². The summed E-state index contributed by atoms with van der Waals surface area (Å²) in [4.78, 5) is 56.6. The SMILES string of the molecule is CCC(=O)Nc1ccccc1-c1nnc(SC(CC)C(=O)Cc2cc(OC)cc(OC)c2)[nH]c1=O.CCCC(=O)Nc1ccccc1-c1nnc(SC)nc1C. The van der Waals surface area contributed by atoms with E-state index in [0.29, 0.717) is 52.9 Å². The van der Waals surface area contributed by atoms with Crippen molar-refractivity contribution in [3.05, 3.63) is 88.3 Å². The normalized spacial score (nSPS) is 11.1. The first-order chi connectivity index (χ1) is 27.0. The predicted molar refractivity (Wildman–Crippen MR) is 221 cm³/mol. The van der Waals surface area contributed by atoms with E-state index in [4.69, 9.17) is 9.47 Å². The van der Waals surface area contributed by atoms with Gasteiger partial charge in [0.2, 0.25) is 17.0 Å². The van der Waals surface area contributed by atoms with Gasteiger partial charge in [0.1, 0.15) is 17.2 Å². The highest BCUT2D eigenvalue weighted by atomic mass is 32.2. The van der Waals surface area contributed by atoms with Gasteiger partial charge in [0, 0.05) is 36.5 Å². The van der Waals surface area contributed by atoms with Crippen LogP contribution in [0.25, 0.3) is 22.5 Å². The number of Topliss-reactive ketones (excluding diaryl/α,β-unsaturated/α-hetero) is 1. The lowest BCUT2D eigenvalue weighted by Gasteiger charge is -2.14. The van der Waals surface area contributed by atoms with Crippen LogP contribution in [-0.4, -0.2) is 73.7 Å². The maximum Gasteiger partial charge on any atom is 0.278 e. The van der Waals surface area contributed by atoms with Gasteiger partial charge in [-0.3, -0.25) is 24.2 Å². The summed E-state index contributed by atoms with van der Waals surface area (Å²) >= 11 is 2.62. The highest BCUT2D eigenvalue weighted by molar-refractivity contribution is 8.00. The van der Waals surface area contributed by atoms with E-state index in [-0.39, 0.29) is 34.9 Å². The Morgan fingerprint density at radius 1 is 0.804 bits per heavy atom. The number of thioether (sulfide) groups is 2. The second-order valence-corrected chi connectivity index (χ2v) is 14.2. The van der Waals surface area contributed by atoms with Crippen molar-refractivity contribution >= 4 is 52.5 Å². The zero-order chi connectivity index (χ0) is 40.6. The molecule has 5 aromatic rings. The first kappa shape index (κ1) is 43.1. The molecule has 0 spiro atoms. The van der Waals surface area contributed by atoms with Crippen molar-refractivity contribution in [1.29, 1.82) is 0 Å². The molecule has 0 saturated heterocycles. The molecule has 0 fully saturated rings. The lowest BCUT2D eigenvalue weighted by Crippen LogP contribution is -2.21. The quantitative estimate of drug-likeness (QED) is 0.0851. The third kappa shape index (κ3) is 11.9. The van der Waals surface area contributed by atoms with Gasteiger partial charge in [0.05, 0.1) is 36.5 Å². The molecule has 0 bridgehead atoms. The summed E-state index contributed by atoms with van der Waals surface area (Å²) in [5.41, 5.74) is 4.42. The molecule has 2 heterocycles. The van der Waals surface area contributed by atoms with Gasteiger partial charge in [-0.25, -0.2) is 4.98 Å². The van der Waals surface area contributed by atoms with Gasteiger partial charge >= 0.3 is 0 Å². The average Bonchev–Trinajstić information content (AvgIpc) is 3.20. The van der Waals surface area contributed by atoms with Crippen molar-refractivity contribution in [2.75, 3.05) is 31.1 Å². The fourth-order valence-corrected chi connectivity index (χ4v) is 6.58. The van der Waals surface area contributed by atoms with Crippen LogP contribution in [-0.2, 0) is 20.8 Å². The number of H-pyrrole nitrogens is 1. The second-order valence-electron chi connectivity index (χ2n) is 12.2. The molecule has 1 atom stereocenters. The maximum absolute atomic E-state index is 13.0. The van der Waals surface area contributed by atoms with Gasteiger partial charge < -0.3 is 20.1 Å². The molecule has 0 saturated carbocycles. The van der Waals surface area contributed by atoms with E-state index in [1.807, 2.05) is 51.3 Å². The number of methoxy groups -OCH3 is 2. The van der Waals surface area contributed by atoms with E-state index in [9.17, 15) is 19.2 Å². The monoisotopic (exact) mass is 798 g/mol. The first-order valence-electron chi connectivity index (χ1n) is 18.0. The van der Waals surface area contributed by atoms with Crippen molar-refractivity contribution in [1.82, 2.24) is 30.4 Å². The molecule has 2 aromatic heterocycles.